The van der Waals surface area contributed by atoms with Gasteiger partial charge in [0, 0.05) is 75.0 Å². The molecule has 4 rings (SSSR count). The summed E-state index contributed by atoms with van der Waals surface area (Å²) in [5.74, 6) is -1.99. The number of hydrogen-bond donors (Lipinski definition) is 8. The minimum Gasteiger partial charge on any atom is -0.481 e. The van der Waals surface area contributed by atoms with Crippen molar-refractivity contribution in [3.05, 3.63) is 61.7 Å². The Balaban J connectivity index is 1.87. The van der Waals surface area contributed by atoms with Crippen LogP contribution in [0.3, 0.4) is 0 Å². The second kappa shape index (κ2) is 14.2. The molecule has 0 saturated carbocycles. The van der Waals surface area contributed by atoms with Crippen LogP contribution in [-0.2, 0) is 32.0 Å². The van der Waals surface area contributed by atoms with Crippen molar-refractivity contribution in [2.75, 3.05) is 5.75 Å². The monoisotopic (exact) mass is 654 g/mol. The Morgan fingerprint density at radius 3 is 2.16 bits per heavy atom. The van der Waals surface area contributed by atoms with Crippen molar-refractivity contribution in [1.29, 1.82) is 0 Å². The van der Waals surface area contributed by atoms with Crippen molar-refractivity contribution in [2.24, 2.45) is 17.8 Å². The van der Waals surface area contributed by atoms with Crippen LogP contribution in [0, 0.1) is 31.6 Å². The SMILES string of the molecule is Cc1c(/C=C2\NC(=O)[C@H](C)[C@H]2[C@H](C)S)[nH]c(/C=c2\[nH]/c(=C/[C@H]3NC(=O)/C(=C\CS)C3C)c(C)c2CCC(=O)O)c1CCC(=O)O. The van der Waals surface area contributed by atoms with E-state index in [0.29, 0.717) is 22.4 Å². The zero-order valence-corrected chi connectivity index (χ0v) is 27.9. The van der Waals surface area contributed by atoms with Crippen molar-refractivity contribution < 1.29 is 29.4 Å². The largest absolute Gasteiger partial charge is 0.481 e. The molecule has 242 valence electrons. The zero-order chi connectivity index (χ0) is 33.2. The van der Waals surface area contributed by atoms with Crippen molar-refractivity contribution in [2.45, 2.75) is 71.6 Å². The number of allylic oxidation sites excluding steroid dienone is 1. The van der Waals surface area contributed by atoms with Gasteiger partial charge >= 0.3 is 11.9 Å². The second-order valence-corrected chi connectivity index (χ2v) is 13.2. The Labute approximate surface area is 273 Å². The Bertz CT molecular complexity index is 1700. The van der Waals surface area contributed by atoms with Gasteiger partial charge in [0.15, 0.2) is 0 Å². The van der Waals surface area contributed by atoms with Gasteiger partial charge in [-0.15, -0.1) is 0 Å². The molecule has 1 unspecified atom stereocenters. The van der Waals surface area contributed by atoms with Crippen LogP contribution in [0.4, 0.5) is 0 Å². The van der Waals surface area contributed by atoms with Crippen LogP contribution in [0.5, 0.6) is 0 Å². The topological polar surface area (TPSA) is 164 Å². The Hall–Kier alpha value is -3.64. The van der Waals surface area contributed by atoms with E-state index in [-0.39, 0.29) is 66.5 Å². The van der Waals surface area contributed by atoms with Crippen LogP contribution in [0.1, 0.15) is 67.3 Å². The number of amides is 2. The summed E-state index contributed by atoms with van der Waals surface area (Å²) in [7, 11) is 0. The number of carbonyl (C=O) groups is 4. The summed E-state index contributed by atoms with van der Waals surface area (Å²) in [6.45, 7) is 9.65. The molecule has 0 radical (unpaired) electrons. The first-order valence-electron chi connectivity index (χ1n) is 15.1. The number of nitrogens with one attached hydrogen (secondary N) is 4. The van der Waals surface area contributed by atoms with E-state index in [1.165, 1.54) is 0 Å². The van der Waals surface area contributed by atoms with E-state index >= 15 is 0 Å². The molecule has 45 heavy (non-hydrogen) atoms. The second-order valence-electron chi connectivity index (χ2n) is 12.0. The van der Waals surface area contributed by atoms with Gasteiger partial charge < -0.3 is 30.8 Å². The van der Waals surface area contributed by atoms with Crippen LogP contribution < -0.4 is 21.3 Å². The van der Waals surface area contributed by atoms with E-state index < -0.39 is 11.9 Å². The summed E-state index contributed by atoms with van der Waals surface area (Å²) in [6, 6.07) is -0.260. The third kappa shape index (κ3) is 7.44. The fourth-order valence-electron chi connectivity index (χ4n) is 6.41. The molecule has 2 amide bonds. The Morgan fingerprint density at radius 2 is 1.56 bits per heavy atom. The number of carboxylic acid groups (broad SMARTS) is 2. The molecule has 2 fully saturated rings. The number of aromatic amines is 2. The van der Waals surface area contributed by atoms with Gasteiger partial charge in [-0.2, -0.15) is 25.3 Å². The first-order chi connectivity index (χ1) is 21.2. The van der Waals surface area contributed by atoms with E-state index in [1.807, 2.05) is 58.9 Å². The van der Waals surface area contributed by atoms with E-state index in [2.05, 4.69) is 45.9 Å². The molecule has 6 N–H and O–H groups in total. The minimum absolute atomic E-state index is 0.0658. The molecule has 10 nitrogen and oxygen atoms in total. The predicted molar refractivity (Wildman–Crippen MR) is 181 cm³/mol. The molecule has 0 aliphatic carbocycles. The summed E-state index contributed by atoms with van der Waals surface area (Å²) in [5, 5.41) is 26.4. The average molecular weight is 655 g/mol. The summed E-state index contributed by atoms with van der Waals surface area (Å²) < 4.78 is 0. The number of aromatic nitrogens is 2. The van der Waals surface area contributed by atoms with Gasteiger partial charge in [0.1, 0.15) is 0 Å². The zero-order valence-electron chi connectivity index (χ0n) is 26.2. The highest BCUT2D eigenvalue weighted by Crippen LogP contribution is 2.34. The lowest BCUT2D eigenvalue weighted by Crippen LogP contribution is -2.28. The van der Waals surface area contributed by atoms with E-state index in [1.54, 1.807) is 0 Å². The highest BCUT2D eigenvalue weighted by atomic mass is 32.1. The lowest BCUT2D eigenvalue weighted by atomic mass is 9.91. The molecule has 2 aliphatic heterocycles. The number of aliphatic carboxylic acids is 2. The van der Waals surface area contributed by atoms with Gasteiger partial charge in [-0.3, -0.25) is 19.2 Å². The third-order valence-corrected chi connectivity index (χ3v) is 9.52. The van der Waals surface area contributed by atoms with Gasteiger partial charge in [0.2, 0.25) is 11.8 Å². The van der Waals surface area contributed by atoms with Crippen molar-refractivity contribution in [1.82, 2.24) is 20.6 Å². The van der Waals surface area contributed by atoms with E-state index in [0.717, 1.165) is 39.0 Å². The molecule has 0 bridgehead atoms. The molecule has 2 saturated heterocycles. The van der Waals surface area contributed by atoms with E-state index in [4.69, 9.17) is 0 Å². The summed E-state index contributed by atoms with van der Waals surface area (Å²) in [5.41, 5.74) is 6.26. The minimum atomic E-state index is -0.920. The summed E-state index contributed by atoms with van der Waals surface area (Å²) >= 11 is 8.86. The third-order valence-electron chi connectivity index (χ3n) is 9.01. The van der Waals surface area contributed by atoms with Crippen LogP contribution in [0.15, 0.2) is 17.3 Å². The molecule has 2 aliphatic rings. The first kappa shape index (κ1) is 34.2. The number of H-pyrrole nitrogens is 2. The molecule has 12 heteroatoms. The molecule has 0 aromatic carbocycles. The van der Waals surface area contributed by atoms with Gasteiger partial charge in [-0.25, -0.2) is 0 Å². The Kier molecular flexibility index (Phi) is 10.8. The summed E-state index contributed by atoms with van der Waals surface area (Å²) in [6.07, 6.45) is 7.98. The lowest BCUT2D eigenvalue weighted by molar-refractivity contribution is -0.138. The highest BCUT2D eigenvalue weighted by molar-refractivity contribution is 7.81. The normalized spacial score (nSPS) is 25.0. The van der Waals surface area contributed by atoms with Crippen molar-refractivity contribution >= 4 is 67.2 Å². The smallest absolute Gasteiger partial charge is 0.303 e. The predicted octanol–water partition coefficient (Wildman–Crippen LogP) is 2.64. The van der Waals surface area contributed by atoms with Crippen LogP contribution in [0.2, 0.25) is 0 Å². The van der Waals surface area contributed by atoms with Crippen LogP contribution in [-0.4, -0.2) is 61.0 Å². The van der Waals surface area contributed by atoms with Crippen LogP contribution >= 0.6 is 25.3 Å². The maximum absolute atomic E-state index is 12.6. The van der Waals surface area contributed by atoms with Crippen molar-refractivity contribution in [3.8, 4) is 0 Å². The highest BCUT2D eigenvalue weighted by Gasteiger charge is 2.38. The number of thiol groups is 2. The number of carbonyl (C=O) groups excluding carboxylic acids is 2. The molecule has 4 heterocycles. The number of carboxylic acids is 2. The Morgan fingerprint density at radius 1 is 0.911 bits per heavy atom. The van der Waals surface area contributed by atoms with Gasteiger partial charge in [-0.1, -0.05) is 26.8 Å². The fraction of sp³-hybridized carbons (Fsp3) is 0.455. The van der Waals surface area contributed by atoms with Gasteiger partial charge in [-0.05, 0) is 67.2 Å². The molecule has 0 spiro atoms. The maximum atomic E-state index is 12.6. The quantitative estimate of drug-likeness (QED) is 0.137. The van der Waals surface area contributed by atoms with Gasteiger partial charge in [0.25, 0.3) is 0 Å². The maximum Gasteiger partial charge on any atom is 0.303 e. The van der Waals surface area contributed by atoms with Crippen molar-refractivity contribution in [3.63, 3.8) is 0 Å². The molecule has 5 atom stereocenters. The first-order valence-corrected chi connectivity index (χ1v) is 16.3. The fourth-order valence-corrected chi connectivity index (χ4v) is 7.02. The molecule has 2 aromatic rings. The van der Waals surface area contributed by atoms with Gasteiger partial charge in [0.05, 0.1) is 6.04 Å². The molecular formula is C33H42N4O6S2. The number of rotatable bonds is 11. The van der Waals surface area contributed by atoms with Crippen LogP contribution in [0.25, 0.3) is 18.2 Å². The standard InChI is InChI=1S/C33H42N4O6S2/c1-15-20(6-8-29(38)39)26(34-23(15)12-25-17(3)22(10-11-44)33(43)36-25)14-27-21(7-9-30(40)41)16(2)24(35-27)13-28-31(19(5)45)18(4)32(42)37-28/h10,12-14,17-19,25,31,34-35,44-45H,6-9,11H2,1-5H3,(H,36,43)(H,37,42)(H,38,39)(H,40,41)/b22-10-,23-12+,26-14-,28-13-/t17?,18-,19+,25-,31+/m1/s1. The van der Waals surface area contributed by atoms with E-state index in [9.17, 15) is 29.4 Å². The number of hydrogen-bond acceptors (Lipinski definition) is 6. The molecule has 2 aromatic heterocycles. The average Bonchev–Trinajstić information content (AvgIpc) is 3.60. The summed E-state index contributed by atoms with van der Waals surface area (Å²) in [4.78, 5) is 55.1. The lowest BCUT2D eigenvalue weighted by Gasteiger charge is -2.17. The molecular weight excluding hydrogens is 613 g/mol.